The maximum absolute atomic E-state index is 12.1. The predicted molar refractivity (Wildman–Crippen MR) is 52.7 cm³/mol. The van der Waals surface area contributed by atoms with Crippen LogP contribution in [-0.2, 0) is 15.9 Å². The normalized spacial score (nSPS) is 15.8. The molecule has 0 saturated heterocycles. The van der Waals surface area contributed by atoms with Crippen LogP contribution in [-0.4, -0.2) is 20.8 Å². The van der Waals surface area contributed by atoms with Crippen molar-refractivity contribution in [3.05, 3.63) is 29.6 Å². The second-order valence-corrected chi connectivity index (χ2v) is 5.23. The van der Waals surface area contributed by atoms with Crippen LogP contribution in [0.2, 0.25) is 0 Å². The first-order valence-electron chi connectivity index (χ1n) is 3.83. The van der Waals surface area contributed by atoms with Crippen LogP contribution in [0, 0.1) is 0 Å². The second kappa shape index (κ2) is 3.82. The summed E-state index contributed by atoms with van der Waals surface area (Å²) in [7, 11) is -2.62. The molecule has 0 aliphatic heterocycles. The molecule has 0 radical (unpaired) electrons. The Morgan fingerprint density at radius 3 is 2.40 bits per heavy atom. The van der Waals surface area contributed by atoms with Gasteiger partial charge in [0, 0.05) is 33.1 Å². The Kier molecular flexibility index (Phi) is 3.05. The summed E-state index contributed by atoms with van der Waals surface area (Å²) in [6.07, 6.45) is -2.20. The lowest BCUT2D eigenvalue weighted by Crippen LogP contribution is -2.13. The van der Waals surface area contributed by atoms with E-state index in [1.54, 1.807) is 0 Å². The Morgan fingerprint density at radius 2 is 2.07 bits per heavy atom. The van der Waals surface area contributed by atoms with Gasteiger partial charge in [-0.15, -0.1) is 0 Å². The molecular weight excluding hydrogens is 229 g/mol. The van der Waals surface area contributed by atoms with Gasteiger partial charge in [-0.1, -0.05) is 6.07 Å². The molecule has 1 aromatic rings. The summed E-state index contributed by atoms with van der Waals surface area (Å²) in [5.74, 6) is 0. The SMILES string of the molecule is CS(N)(=O)=Cc1ccc(C(F)(F)F)nc1. The van der Waals surface area contributed by atoms with E-state index in [-0.39, 0.29) is 0 Å². The van der Waals surface area contributed by atoms with Crippen LogP contribution in [0.15, 0.2) is 18.3 Å². The molecule has 1 rings (SSSR count). The molecule has 2 N–H and O–H groups in total. The van der Waals surface area contributed by atoms with Crippen LogP contribution in [0.25, 0.3) is 0 Å². The largest absolute Gasteiger partial charge is 0.433 e. The number of nitrogens with two attached hydrogens (primary N) is 1. The molecule has 1 atom stereocenters. The Labute approximate surface area is 85.3 Å². The molecule has 0 aromatic carbocycles. The van der Waals surface area contributed by atoms with Crippen molar-refractivity contribution in [2.75, 3.05) is 6.26 Å². The minimum Gasteiger partial charge on any atom is -0.259 e. The van der Waals surface area contributed by atoms with Gasteiger partial charge in [0.25, 0.3) is 0 Å². The average molecular weight is 238 g/mol. The van der Waals surface area contributed by atoms with Gasteiger partial charge in [-0.3, -0.25) is 14.3 Å². The molecule has 84 valence electrons. The Hall–Kier alpha value is -1.08. The van der Waals surface area contributed by atoms with Crippen LogP contribution in [0.5, 0.6) is 0 Å². The van der Waals surface area contributed by atoms with Crippen molar-refractivity contribution < 1.29 is 17.4 Å². The highest BCUT2D eigenvalue weighted by Gasteiger charge is 2.31. The van der Waals surface area contributed by atoms with Gasteiger partial charge in [0.15, 0.2) is 0 Å². The number of halogens is 3. The third-order valence-electron chi connectivity index (χ3n) is 1.45. The third-order valence-corrected chi connectivity index (χ3v) is 2.19. The fourth-order valence-corrected chi connectivity index (χ4v) is 1.59. The van der Waals surface area contributed by atoms with Gasteiger partial charge in [0.05, 0.1) is 0 Å². The molecule has 7 heteroatoms. The fourth-order valence-electron chi connectivity index (χ4n) is 0.913. The first-order chi connectivity index (χ1) is 6.68. The molecule has 0 amide bonds. The van der Waals surface area contributed by atoms with Gasteiger partial charge in [-0.2, -0.15) is 13.2 Å². The number of aromatic nitrogens is 1. The van der Waals surface area contributed by atoms with Gasteiger partial charge >= 0.3 is 6.18 Å². The van der Waals surface area contributed by atoms with Gasteiger partial charge in [0.2, 0.25) is 0 Å². The summed E-state index contributed by atoms with van der Waals surface area (Å²) >= 11 is 0. The van der Waals surface area contributed by atoms with Crippen LogP contribution in [0.3, 0.4) is 0 Å². The molecular formula is C8H9F3N2OS. The predicted octanol–water partition coefficient (Wildman–Crippen LogP) is 1.04. The minimum absolute atomic E-state index is 0.304. The summed E-state index contributed by atoms with van der Waals surface area (Å²) in [6.45, 7) is 0. The van der Waals surface area contributed by atoms with E-state index in [4.69, 9.17) is 5.14 Å². The van der Waals surface area contributed by atoms with Gasteiger partial charge in [-0.05, 0) is 6.07 Å². The van der Waals surface area contributed by atoms with Gasteiger partial charge in [-0.25, -0.2) is 0 Å². The summed E-state index contributed by atoms with van der Waals surface area (Å²) in [5, 5.41) is 6.39. The molecule has 0 aliphatic rings. The summed E-state index contributed by atoms with van der Waals surface area (Å²) in [6, 6.07) is 1.99. The second-order valence-electron chi connectivity index (χ2n) is 3.06. The van der Waals surface area contributed by atoms with E-state index in [1.165, 1.54) is 17.7 Å². The van der Waals surface area contributed by atoms with Crippen molar-refractivity contribution in [3.8, 4) is 0 Å². The minimum atomic E-state index is -4.46. The maximum Gasteiger partial charge on any atom is 0.433 e. The number of hydrogen-bond donors (Lipinski definition) is 1. The van der Waals surface area contributed by atoms with Crippen LogP contribution in [0.1, 0.15) is 11.3 Å². The highest BCUT2D eigenvalue weighted by atomic mass is 32.2. The van der Waals surface area contributed by atoms with E-state index in [2.05, 4.69) is 4.98 Å². The first kappa shape index (κ1) is 12.0. The Morgan fingerprint density at radius 1 is 1.47 bits per heavy atom. The maximum atomic E-state index is 12.1. The zero-order chi connectivity index (χ0) is 11.7. The molecule has 0 aliphatic carbocycles. The lowest BCUT2D eigenvalue weighted by atomic mass is 10.3. The quantitative estimate of drug-likeness (QED) is 0.743. The standard InChI is InChI=1S/C8H9F3N2OS/c1-15(12,14)5-6-2-3-7(13-4-6)8(9,10)11/h2-5H,1H3,(H2,12,14). The van der Waals surface area contributed by atoms with E-state index in [0.717, 1.165) is 12.3 Å². The lowest BCUT2D eigenvalue weighted by molar-refractivity contribution is -0.141. The molecule has 1 heterocycles. The number of pyridine rings is 1. The lowest BCUT2D eigenvalue weighted by Gasteiger charge is -2.04. The number of nitrogens with zero attached hydrogens (tertiary/aromatic N) is 1. The molecule has 0 bridgehead atoms. The highest BCUT2D eigenvalue weighted by Crippen LogP contribution is 2.26. The van der Waals surface area contributed by atoms with Gasteiger partial charge in [0.1, 0.15) is 5.69 Å². The van der Waals surface area contributed by atoms with E-state index in [1.807, 2.05) is 0 Å². The topological polar surface area (TPSA) is 56.0 Å². The summed E-state index contributed by atoms with van der Waals surface area (Å²) < 4.78 is 47.4. The summed E-state index contributed by atoms with van der Waals surface area (Å²) in [4.78, 5) is 3.20. The van der Waals surface area contributed by atoms with Gasteiger partial charge < -0.3 is 0 Å². The van der Waals surface area contributed by atoms with Crippen molar-refractivity contribution >= 4 is 15.1 Å². The zero-order valence-corrected chi connectivity index (χ0v) is 8.60. The smallest absolute Gasteiger partial charge is 0.259 e. The number of alkyl halides is 3. The van der Waals surface area contributed by atoms with Crippen molar-refractivity contribution in [1.82, 2.24) is 4.98 Å². The van der Waals surface area contributed by atoms with E-state index in [0.29, 0.717) is 5.56 Å². The first-order valence-corrected chi connectivity index (χ1v) is 5.93. The van der Waals surface area contributed by atoms with Crippen LogP contribution < -0.4 is 5.14 Å². The molecule has 1 aromatic heterocycles. The van der Waals surface area contributed by atoms with E-state index < -0.39 is 21.6 Å². The molecule has 0 saturated carbocycles. The fraction of sp³-hybridized carbons (Fsp3) is 0.250. The zero-order valence-electron chi connectivity index (χ0n) is 7.78. The van der Waals surface area contributed by atoms with Crippen molar-refractivity contribution in [1.29, 1.82) is 0 Å². The number of rotatable bonds is 1. The molecule has 1 unspecified atom stereocenters. The third kappa shape index (κ3) is 3.88. The van der Waals surface area contributed by atoms with Crippen molar-refractivity contribution in [2.45, 2.75) is 6.18 Å². The summed E-state index contributed by atoms with van der Waals surface area (Å²) in [5.41, 5.74) is -0.683. The van der Waals surface area contributed by atoms with E-state index in [9.17, 15) is 17.4 Å². The van der Waals surface area contributed by atoms with E-state index >= 15 is 0 Å². The van der Waals surface area contributed by atoms with Crippen LogP contribution >= 0.6 is 0 Å². The molecule has 0 spiro atoms. The average Bonchev–Trinajstić information content (AvgIpc) is 2.00. The van der Waals surface area contributed by atoms with Crippen molar-refractivity contribution in [2.24, 2.45) is 5.14 Å². The Balaban J connectivity index is 3.07. The molecule has 3 nitrogen and oxygen atoms in total. The monoisotopic (exact) mass is 238 g/mol. The number of hydrogen-bond acceptors (Lipinski definition) is 2. The highest BCUT2D eigenvalue weighted by molar-refractivity contribution is 7.98. The van der Waals surface area contributed by atoms with Crippen LogP contribution in [0.4, 0.5) is 13.2 Å². The van der Waals surface area contributed by atoms with Crippen molar-refractivity contribution in [3.63, 3.8) is 0 Å². The Bertz CT molecular complexity index is 450. The molecule has 0 fully saturated rings. The molecule has 15 heavy (non-hydrogen) atoms.